The van der Waals surface area contributed by atoms with E-state index >= 15 is 0 Å². The highest BCUT2D eigenvalue weighted by Crippen LogP contribution is 2.16. The Morgan fingerprint density at radius 1 is 1.47 bits per heavy atom. The van der Waals surface area contributed by atoms with Gasteiger partial charge in [-0.25, -0.2) is 0 Å². The first-order chi connectivity index (χ1) is 7.26. The third-order valence-electron chi connectivity index (χ3n) is 1.96. The van der Waals surface area contributed by atoms with Crippen molar-refractivity contribution in [2.75, 3.05) is 26.0 Å². The SMILES string of the molecule is CNCCC(=O)Nc1cccc(OC)c1. The molecule has 1 aromatic carbocycles. The number of rotatable bonds is 5. The summed E-state index contributed by atoms with van der Waals surface area (Å²) >= 11 is 0. The molecular weight excluding hydrogens is 192 g/mol. The van der Waals surface area contributed by atoms with Crippen molar-refractivity contribution < 1.29 is 9.53 Å². The Morgan fingerprint density at radius 3 is 2.93 bits per heavy atom. The number of benzene rings is 1. The maximum Gasteiger partial charge on any atom is 0.225 e. The van der Waals surface area contributed by atoms with E-state index in [4.69, 9.17) is 4.74 Å². The van der Waals surface area contributed by atoms with Gasteiger partial charge in [-0.15, -0.1) is 0 Å². The number of anilines is 1. The van der Waals surface area contributed by atoms with Gasteiger partial charge in [0.15, 0.2) is 0 Å². The molecule has 0 atom stereocenters. The van der Waals surface area contributed by atoms with E-state index in [1.807, 2.05) is 25.2 Å². The molecule has 0 aliphatic rings. The summed E-state index contributed by atoms with van der Waals surface area (Å²) in [7, 11) is 3.42. The number of nitrogens with one attached hydrogen (secondary N) is 2. The fourth-order valence-corrected chi connectivity index (χ4v) is 1.16. The minimum atomic E-state index is -0.00222. The number of carbonyl (C=O) groups excluding carboxylic acids is 1. The summed E-state index contributed by atoms with van der Waals surface area (Å²) < 4.78 is 5.05. The standard InChI is InChI=1S/C11H16N2O2/c1-12-7-6-11(14)13-9-4-3-5-10(8-9)15-2/h3-5,8,12H,6-7H2,1-2H3,(H,13,14). The van der Waals surface area contributed by atoms with Crippen LogP contribution in [0.15, 0.2) is 24.3 Å². The Balaban J connectivity index is 2.52. The van der Waals surface area contributed by atoms with Crippen molar-refractivity contribution in [1.29, 1.82) is 0 Å². The average Bonchev–Trinajstić information content (AvgIpc) is 2.26. The molecule has 0 unspecified atom stereocenters. The number of amides is 1. The number of carbonyl (C=O) groups is 1. The summed E-state index contributed by atoms with van der Waals surface area (Å²) in [4.78, 5) is 11.4. The third-order valence-corrected chi connectivity index (χ3v) is 1.96. The van der Waals surface area contributed by atoms with Crippen molar-refractivity contribution in [2.24, 2.45) is 0 Å². The second-order valence-corrected chi connectivity index (χ2v) is 3.13. The van der Waals surface area contributed by atoms with E-state index in [1.165, 1.54) is 0 Å². The Labute approximate surface area is 89.6 Å². The van der Waals surface area contributed by atoms with Gasteiger partial charge >= 0.3 is 0 Å². The molecule has 0 heterocycles. The molecular formula is C11H16N2O2. The molecule has 0 saturated heterocycles. The molecule has 1 amide bonds. The van der Waals surface area contributed by atoms with E-state index in [9.17, 15) is 4.79 Å². The lowest BCUT2D eigenvalue weighted by Crippen LogP contribution is -2.18. The first kappa shape index (κ1) is 11.5. The summed E-state index contributed by atoms with van der Waals surface area (Å²) in [6.45, 7) is 0.676. The highest BCUT2D eigenvalue weighted by Gasteiger charge is 2.01. The van der Waals surface area contributed by atoms with Gasteiger partial charge in [-0.1, -0.05) is 6.07 Å². The Kier molecular flexibility index (Phi) is 4.63. The Morgan fingerprint density at radius 2 is 2.27 bits per heavy atom. The van der Waals surface area contributed by atoms with Crippen LogP contribution >= 0.6 is 0 Å². The molecule has 82 valence electrons. The molecule has 1 rings (SSSR count). The zero-order chi connectivity index (χ0) is 11.1. The van der Waals surface area contributed by atoms with Gasteiger partial charge in [-0.2, -0.15) is 0 Å². The Hall–Kier alpha value is -1.55. The molecule has 0 radical (unpaired) electrons. The number of methoxy groups -OCH3 is 1. The monoisotopic (exact) mass is 208 g/mol. The normalized spacial score (nSPS) is 9.73. The van der Waals surface area contributed by atoms with E-state index in [2.05, 4.69) is 10.6 Å². The Bertz CT molecular complexity index is 326. The molecule has 0 bridgehead atoms. The molecule has 0 aliphatic carbocycles. The maximum absolute atomic E-state index is 11.4. The topological polar surface area (TPSA) is 50.4 Å². The summed E-state index contributed by atoms with van der Waals surface area (Å²) in [5.41, 5.74) is 0.760. The summed E-state index contributed by atoms with van der Waals surface area (Å²) in [5, 5.41) is 5.71. The van der Waals surface area contributed by atoms with Crippen LogP contribution in [0.25, 0.3) is 0 Å². The average molecular weight is 208 g/mol. The molecule has 2 N–H and O–H groups in total. The van der Waals surface area contributed by atoms with E-state index in [-0.39, 0.29) is 5.91 Å². The maximum atomic E-state index is 11.4. The van der Waals surface area contributed by atoms with Crippen molar-refractivity contribution in [3.63, 3.8) is 0 Å². The van der Waals surface area contributed by atoms with Gasteiger partial charge in [-0.3, -0.25) is 4.79 Å². The van der Waals surface area contributed by atoms with Crippen LogP contribution in [0.4, 0.5) is 5.69 Å². The van der Waals surface area contributed by atoms with Crippen molar-refractivity contribution in [2.45, 2.75) is 6.42 Å². The van der Waals surface area contributed by atoms with Crippen LogP contribution in [0.2, 0.25) is 0 Å². The molecule has 1 aromatic rings. The van der Waals surface area contributed by atoms with Gasteiger partial charge in [0.25, 0.3) is 0 Å². The highest BCUT2D eigenvalue weighted by atomic mass is 16.5. The minimum absolute atomic E-state index is 0.00222. The molecule has 0 saturated carbocycles. The molecule has 4 heteroatoms. The fourth-order valence-electron chi connectivity index (χ4n) is 1.16. The zero-order valence-electron chi connectivity index (χ0n) is 9.04. The van der Waals surface area contributed by atoms with Gasteiger partial charge in [0.05, 0.1) is 7.11 Å². The first-order valence-corrected chi connectivity index (χ1v) is 4.84. The molecule has 0 aliphatic heterocycles. The van der Waals surface area contributed by atoms with Crippen molar-refractivity contribution in [1.82, 2.24) is 5.32 Å². The number of hydrogen-bond acceptors (Lipinski definition) is 3. The van der Waals surface area contributed by atoms with E-state index in [0.717, 1.165) is 11.4 Å². The minimum Gasteiger partial charge on any atom is -0.497 e. The van der Waals surface area contributed by atoms with Crippen LogP contribution in [0, 0.1) is 0 Å². The highest BCUT2D eigenvalue weighted by molar-refractivity contribution is 5.90. The quantitative estimate of drug-likeness (QED) is 0.765. The molecule has 0 spiro atoms. The van der Waals surface area contributed by atoms with Crippen LogP contribution < -0.4 is 15.4 Å². The zero-order valence-corrected chi connectivity index (χ0v) is 9.04. The van der Waals surface area contributed by atoms with Gasteiger partial charge in [-0.05, 0) is 19.2 Å². The van der Waals surface area contributed by atoms with E-state index in [1.54, 1.807) is 13.2 Å². The molecule has 0 fully saturated rings. The lowest BCUT2D eigenvalue weighted by atomic mass is 10.3. The number of hydrogen-bond donors (Lipinski definition) is 2. The van der Waals surface area contributed by atoms with Crippen LogP contribution in [0.5, 0.6) is 5.75 Å². The second kappa shape index (κ2) is 6.03. The first-order valence-electron chi connectivity index (χ1n) is 4.84. The molecule has 0 aromatic heterocycles. The van der Waals surface area contributed by atoms with Crippen molar-refractivity contribution in [3.05, 3.63) is 24.3 Å². The van der Waals surface area contributed by atoms with Gasteiger partial charge in [0.1, 0.15) is 5.75 Å². The number of ether oxygens (including phenoxy) is 1. The summed E-state index contributed by atoms with van der Waals surface area (Å²) in [6.07, 6.45) is 0.466. The predicted octanol–water partition coefficient (Wildman–Crippen LogP) is 1.24. The van der Waals surface area contributed by atoms with E-state index < -0.39 is 0 Å². The van der Waals surface area contributed by atoms with Crippen molar-refractivity contribution >= 4 is 11.6 Å². The van der Waals surface area contributed by atoms with Gasteiger partial charge in [0.2, 0.25) is 5.91 Å². The molecule has 15 heavy (non-hydrogen) atoms. The van der Waals surface area contributed by atoms with Crippen LogP contribution in [-0.4, -0.2) is 26.6 Å². The second-order valence-electron chi connectivity index (χ2n) is 3.13. The van der Waals surface area contributed by atoms with Crippen LogP contribution in [-0.2, 0) is 4.79 Å². The summed E-state index contributed by atoms with van der Waals surface area (Å²) in [6, 6.07) is 7.30. The largest absolute Gasteiger partial charge is 0.497 e. The van der Waals surface area contributed by atoms with Crippen LogP contribution in [0.1, 0.15) is 6.42 Å². The molecule has 4 nitrogen and oxygen atoms in total. The van der Waals surface area contributed by atoms with Gasteiger partial charge < -0.3 is 15.4 Å². The fraction of sp³-hybridized carbons (Fsp3) is 0.364. The van der Waals surface area contributed by atoms with Crippen molar-refractivity contribution in [3.8, 4) is 5.75 Å². The smallest absolute Gasteiger partial charge is 0.225 e. The van der Waals surface area contributed by atoms with Crippen LogP contribution in [0.3, 0.4) is 0 Å². The van der Waals surface area contributed by atoms with Gasteiger partial charge in [0, 0.05) is 24.7 Å². The summed E-state index contributed by atoms with van der Waals surface area (Å²) in [5.74, 6) is 0.735. The lowest BCUT2D eigenvalue weighted by molar-refractivity contribution is -0.116. The lowest BCUT2D eigenvalue weighted by Gasteiger charge is -2.06. The van der Waals surface area contributed by atoms with E-state index in [0.29, 0.717) is 13.0 Å². The third kappa shape index (κ3) is 3.99. The predicted molar refractivity (Wildman–Crippen MR) is 60.2 cm³/mol.